The number of nitrogens with zero attached hydrogens (tertiary/aromatic N) is 1. The average molecular weight is 387 g/mol. The zero-order valence-electron chi connectivity index (χ0n) is 13.3. The zero-order valence-corrected chi connectivity index (χ0v) is 14.8. The Balaban J connectivity index is 0.000000450. The third kappa shape index (κ3) is 6.40. The highest BCUT2D eigenvalue weighted by Gasteiger charge is 2.16. The van der Waals surface area contributed by atoms with Gasteiger partial charge >= 0.3 is 17.9 Å². The second kappa shape index (κ2) is 9.60. The van der Waals surface area contributed by atoms with Crippen molar-refractivity contribution in [2.24, 2.45) is 0 Å². The first-order chi connectivity index (χ1) is 11.8. The van der Waals surface area contributed by atoms with E-state index < -0.39 is 11.9 Å². The molecule has 3 N–H and O–H groups in total. The number of hydrogen-bond donors (Lipinski definition) is 3. The minimum absolute atomic E-state index is 0.343. The van der Waals surface area contributed by atoms with Crippen LogP contribution in [0.1, 0.15) is 22.3 Å². The number of para-hydroxylation sites is 1. The van der Waals surface area contributed by atoms with E-state index in [1.165, 1.54) is 11.3 Å². The predicted molar refractivity (Wildman–Crippen MR) is 92.8 cm³/mol. The van der Waals surface area contributed by atoms with E-state index in [4.69, 9.17) is 36.1 Å². The van der Waals surface area contributed by atoms with Gasteiger partial charge in [0, 0.05) is 0 Å². The third-order valence-corrected chi connectivity index (χ3v) is 3.94. The van der Waals surface area contributed by atoms with Crippen molar-refractivity contribution in [3.8, 4) is 0 Å². The molecule has 0 fully saturated rings. The molecular weight excluding hydrogens is 372 g/mol. The summed E-state index contributed by atoms with van der Waals surface area (Å²) in [5.74, 6) is -3.99. The zero-order chi connectivity index (χ0) is 19.0. The summed E-state index contributed by atoms with van der Waals surface area (Å²) in [5.41, 5.74) is 1.41. The van der Waals surface area contributed by atoms with Gasteiger partial charge in [-0.15, -0.1) is 0 Å². The van der Waals surface area contributed by atoms with Gasteiger partial charge in [0.05, 0.1) is 23.0 Å². The quantitative estimate of drug-likeness (QED) is 0.540. The number of carboxylic acid groups (broad SMARTS) is 2. The number of ether oxygens (including phenoxy) is 1. The van der Waals surface area contributed by atoms with Gasteiger partial charge in [-0.05, 0) is 26.0 Å². The minimum atomic E-state index is -1.82. The van der Waals surface area contributed by atoms with Crippen molar-refractivity contribution in [1.29, 1.82) is 0 Å². The molecule has 0 saturated carbocycles. The first kappa shape index (κ1) is 20.4. The molecule has 0 saturated heterocycles. The van der Waals surface area contributed by atoms with Crippen LogP contribution >= 0.6 is 22.9 Å². The van der Waals surface area contributed by atoms with Gasteiger partial charge in [-0.1, -0.05) is 35.1 Å². The van der Waals surface area contributed by atoms with Gasteiger partial charge in [-0.3, -0.25) is 0 Å². The predicted octanol–water partition coefficient (Wildman–Crippen LogP) is 3.18. The standard InChI is InChI=1S/C13H13ClN2O2S.C2H2O4/c1-3-18-12(17)11-8(2)15-13(19-11)16-10-7-5-4-6-9(10)14;3-1(4)2(5)6/h4-7H,3H2,1-2H3,(H,15,16);(H,3,4)(H,5,6). The van der Waals surface area contributed by atoms with Crippen LogP contribution in [0.5, 0.6) is 0 Å². The van der Waals surface area contributed by atoms with Crippen LogP contribution < -0.4 is 5.32 Å². The number of carbonyl (C=O) groups excluding carboxylic acids is 1. The first-order valence-corrected chi connectivity index (χ1v) is 8.08. The Hall–Kier alpha value is -2.65. The lowest BCUT2D eigenvalue weighted by Crippen LogP contribution is -2.09. The lowest BCUT2D eigenvalue weighted by atomic mass is 10.3. The Kier molecular flexibility index (Phi) is 7.83. The highest BCUT2D eigenvalue weighted by molar-refractivity contribution is 7.17. The third-order valence-electron chi connectivity index (χ3n) is 2.56. The topological polar surface area (TPSA) is 126 Å². The van der Waals surface area contributed by atoms with Crippen molar-refractivity contribution >= 4 is 51.7 Å². The summed E-state index contributed by atoms with van der Waals surface area (Å²) in [4.78, 5) is 34.7. The molecule has 0 spiro atoms. The Morgan fingerprint density at radius 2 is 1.84 bits per heavy atom. The number of esters is 1. The molecule has 134 valence electrons. The number of rotatable bonds is 4. The van der Waals surface area contributed by atoms with Crippen molar-refractivity contribution in [3.05, 3.63) is 39.9 Å². The van der Waals surface area contributed by atoms with Crippen LogP contribution in [-0.2, 0) is 14.3 Å². The molecule has 8 nitrogen and oxygen atoms in total. The molecule has 25 heavy (non-hydrogen) atoms. The summed E-state index contributed by atoms with van der Waals surface area (Å²) in [6, 6.07) is 7.37. The Morgan fingerprint density at radius 3 is 2.36 bits per heavy atom. The molecule has 2 aromatic rings. The van der Waals surface area contributed by atoms with E-state index in [0.29, 0.717) is 27.3 Å². The van der Waals surface area contributed by atoms with Crippen LogP contribution in [0.25, 0.3) is 0 Å². The molecule has 1 aromatic heterocycles. The highest BCUT2D eigenvalue weighted by atomic mass is 35.5. The van der Waals surface area contributed by atoms with Crippen LogP contribution in [0.2, 0.25) is 5.02 Å². The van der Waals surface area contributed by atoms with Gasteiger partial charge in [-0.25, -0.2) is 19.4 Å². The van der Waals surface area contributed by atoms with Gasteiger partial charge in [0.15, 0.2) is 5.13 Å². The lowest BCUT2D eigenvalue weighted by molar-refractivity contribution is -0.159. The number of nitrogens with one attached hydrogen (secondary N) is 1. The molecule has 0 aliphatic rings. The van der Waals surface area contributed by atoms with Crippen LogP contribution in [-0.4, -0.2) is 39.7 Å². The Labute approximate surface area is 152 Å². The fourth-order valence-corrected chi connectivity index (χ4v) is 2.57. The number of benzene rings is 1. The molecule has 0 aliphatic heterocycles. The van der Waals surface area contributed by atoms with Gasteiger partial charge in [0.1, 0.15) is 4.88 Å². The molecule has 2 rings (SSSR count). The van der Waals surface area contributed by atoms with Crippen LogP contribution in [0.3, 0.4) is 0 Å². The highest BCUT2D eigenvalue weighted by Crippen LogP contribution is 2.29. The number of aliphatic carboxylic acids is 2. The maximum Gasteiger partial charge on any atom is 0.414 e. The van der Waals surface area contributed by atoms with Crippen molar-refractivity contribution in [1.82, 2.24) is 4.98 Å². The summed E-state index contributed by atoms with van der Waals surface area (Å²) < 4.78 is 4.97. The number of carboxylic acids is 2. The lowest BCUT2D eigenvalue weighted by Gasteiger charge is -2.03. The summed E-state index contributed by atoms with van der Waals surface area (Å²) in [5, 5.41) is 19.1. The molecule has 0 radical (unpaired) electrons. The second-order valence-corrected chi connectivity index (χ2v) is 5.78. The number of carbonyl (C=O) groups is 3. The fourth-order valence-electron chi connectivity index (χ4n) is 1.51. The normalized spacial score (nSPS) is 9.56. The van der Waals surface area contributed by atoms with Gasteiger partial charge < -0.3 is 20.3 Å². The number of halogens is 1. The van der Waals surface area contributed by atoms with Gasteiger partial charge in [0.2, 0.25) is 0 Å². The molecule has 10 heteroatoms. The number of aromatic nitrogens is 1. The molecule has 0 aliphatic carbocycles. The number of hydrogen-bond acceptors (Lipinski definition) is 7. The van der Waals surface area contributed by atoms with E-state index in [9.17, 15) is 4.79 Å². The molecule has 1 aromatic carbocycles. The summed E-state index contributed by atoms with van der Waals surface area (Å²) in [6.45, 7) is 3.90. The van der Waals surface area contributed by atoms with E-state index in [1.807, 2.05) is 18.2 Å². The minimum Gasteiger partial charge on any atom is -0.473 e. The van der Waals surface area contributed by atoms with Crippen molar-refractivity contribution in [2.75, 3.05) is 11.9 Å². The number of anilines is 2. The number of thiazole rings is 1. The fraction of sp³-hybridized carbons (Fsp3) is 0.200. The largest absolute Gasteiger partial charge is 0.473 e. The van der Waals surface area contributed by atoms with E-state index in [0.717, 1.165) is 5.69 Å². The van der Waals surface area contributed by atoms with Crippen molar-refractivity contribution in [3.63, 3.8) is 0 Å². The molecule has 0 unspecified atom stereocenters. The Bertz CT molecular complexity index is 765. The molecular formula is C15H15ClN2O6S. The molecule has 0 amide bonds. The monoisotopic (exact) mass is 386 g/mol. The van der Waals surface area contributed by atoms with E-state index in [-0.39, 0.29) is 5.97 Å². The maximum absolute atomic E-state index is 11.7. The Morgan fingerprint density at radius 1 is 1.24 bits per heavy atom. The second-order valence-electron chi connectivity index (χ2n) is 4.37. The first-order valence-electron chi connectivity index (χ1n) is 6.88. The summed E-state index contributed by atoms with van der Waals surface area (Å²) in [7, 11) is 0. The van der Waals surface area contributed by atoms with Crippen LogP contribution in [0.15, 0.2) is 24.3 Å². The molecule has 1 heterocycles. The van der Waals surface area contributed by atoms with Gasteiger partial charge in [-0.2, -0.15) is 0 Å². The van der Waals surface area contributed by atoms with Crippen molar-refractivity contribution < 1.29 is 29.3 Å². The molecule has 0 atom stereocenters. The van der Waals surface area contributed by atoms with Crippen molar-refractivity contribution in [2.45, 2.75) is 13.8 Å². The van der Waals surface area contributed by atoms with E-state index >= 15 is 0 Å². The average Bonchev–Trinajstić information content (AvgIpc) is 2.91. The SMILES string of the molecule is CCOC(=O)c1sc(Nc2ccccc2Cl)nc1C.O=C(O)C(=O)O. The number of aryl methyl sites for hydroxylation is 1. The summed E-state index contributed by atoms with van der Waals surface area (Å²) >= 11 is 7.31. The smallest absolute Gasteiger partial charge is 0.414 e. The molecule has 0 bridgehead atoms. The van der Waals surface area contributed by atoms with Crippen LogP contribution in [0, 0.1) is 6.92 Å². The maximum atomic E-state index is 11.7. The summed E-state index contributed by atoms with van der Waals surface area (Å²) in [6.07, 6.45) is 0. The van der Waals surface area contributed by atoms with E-state index in [1.54, 1.807) is 19.9 Å². The van der Waals surface area contributed by atoms with E-state index in [2.05, 4.69) is 10.3 Å². The van der Waals surface area contributed by atoms with Crippen LogP contribution in [0.4, 0.5) is 10.8 Å². The van der Waals surface area contributed by atoms with Gasteiger partial charge in [0.25, 0.3) is 0 Å².